The number of halogens is 1. The lowest BCUT2D eigenvalue weighted by Crippen LogP contribution is -2.42. The van der Waals surface area contributed by atoms with Crippen LogP contribution in [0, 0.1) is 22.9 Å². The van der Waals surface area contributed by atoms with Crippen molar-refractivity contribution < 1.29 is 9.31 Å². The Morgan fingerprint density at radius 3 is 2.40 bits per heavy atom. The van der Waals surface area contributed by atoms with Crippen LogP contribution in [-0.4, -0.2) is 43.0 Å². The van der Waals surface area contributed by atoms with Gasteiger partial charge in [0.2, 0.25) is 0 Å². The van der Waals surface area contributed by atoms with Crippen molar-refractivity contribution in [2.24, 2.45) is 0 Å². The molecule has 2 rings (SSSR count). The summed E-state index contributed by atoms with van der Waals surface area (Å²) in [5, 5.41) is 10.7. The highest BCUT2D eigenvalue weighted by atomic mass is 19.1. The molecule has 0 saturated carbocycles. The van der Waals surface area contributed by atoms with Crippen LogP contribution in [0.15, 0.2) is 12.1 Å². The number of hydrogen-bond donors (Lipinski definition) is 0. The lowest BCUT2D eigenvalue weighted by atomic mass is 10.0. The number of rotatable bonds is 3. The van der Waals surface area contributed by atoms with E-state index in [0.717, 1.165) is 32.0 Å². The normalized spacial score (nSPS) is 16.8. The molecule has 1 aliphatic rings. The third-order valence-corrected chi connectivity index (χ3v) is 3.96. The van der Waals surface area contributed by atoms with E-state index in [1.165, 1.54) is 6.07 Å². The zero-order valence-corrected chi connectivity index (χ0v) is 12.1. The monoisotopic (exact) mass is 281 g/mol. The minimum Gasteiger partial charge on any atom is -0.369 e. The van der Waals surface area contributed by atoms with Gasteiger partial charge in [0, 0.05) is 25.2 Å². The van der Waals surface area contributed by atoms with Crippen LogP contribution in [0.5, 0.6) is 0 Å². The van der Waals surface area contributed by atoms with Gasteiger partial charge in [-0.15, -0.1) is 0 Å². The Balaban J connectivity index is 2.20. The van der Waals surface area contributed by atoms with E-state index in [4.69, 9.17) is 0 Å². The van der Waals surface area contributed by atoms with Gasteiger partial charge in [0.1, 0.15) is 0 Å². The smallest absolute Gasteiger partial charge is 0.272 e. The second-order valence-corrected chi connectivity index (χ2v) is 5.53. The van der Waals surface area contributed by atoms with E-state index >= 15 is 0 Å². The third kappa shape index (κ3) is 2.90. The lowest BCUT2D eigenvalue weighted by molar-refractivity contribution is -0.385. The molecule has 1 fully saturated rings. The maximum atomic E-state index is 14.2. The number of piperidine rings is 1. The van der Waals surface area contributed by atoms with Gasteiger partial charge in [-0.2, -0.15) is 0 Å². The fraction of sp³-hybridized carbons (Fsp3) is 0.571. The molecule has 0 aliphatic carbocycles. The molecule has 1 aliphatic heterocycles. The second kappa shape index (κ2) is 5.75. The number of aryl methyl sites for hydroxylation is 1. The van der Waals surface area contributed by atoms with Crippen molar-refractivity contribution in [1.29, 1.82) is 0 Å². The van der Waals surface area contributed by atoms with Gasteiger partial charge in [-0.25, -0.2) is 4.39 Å². The summed E-state index contributed by atoms with van der Waals surface area (Å²) in [5.41, 5.74) is 0.944. The molecule has 6 heteroatoms. The molecule has 0 unspecified atom stereocenters. The third-order valence-electron chi connectivity index (χ3n) is 3.96. The maximum Gasteiger partial charge on any atom is 0.272 e. The predicted molar refractivity (Wildman–Crippen MR) is 76.7 cm³/mol. The first-order chi connectivity index (χ1) is 9.40. The van der Waals surface area contributed by atoms with Gasteiger partial charge in [-0.05, 0) is 39.4 Å². The molecule has 1 heterocycles. The molecule has 1 saturated heterocycles. The van der Waals surface area contributed by atoms with E-state index in [2.05, 4.69) is 19.0 Å². The topological polar surface area (TPSA) is 49.6 Å². The van der Waals surface area contributed by atoms with Crippen molar-refractivity contribution in [1.82, 2.24) is 4.90 Å². The first kappa shape index (κ1) is 14.7. The van der Waals surface area contributed by atoms with Gasteiger partial charge in [0.25, 0.3) is 5.69 Å². The molecule has 0 bridgehead atoms. The fourth-order valence-electron chi connectivity index (χ4n) is 2.83. The molecule has 1 aromatic carbocycles. The first-order valence-electron chi connectivity index (χ1n) is 6.76. The van der Waals surface area contributed by atoms with E-state index in [1.807, 2.05) is 4.90 Å². The van der Waals surface area contributed by atoms with Crippen molar-refractivity contribution in [2.75, 3.05) is 32.1 Å². The number of non-ortho nitro benzene ring substituents is 1. The summed E-state index contributed by atoms with van der Waals surface area (Å²) in [6, 6.07) is 2.98. The van der Waals surface area contributed by atoms with Crippen molar-refractivity contribution in [2.45, 2.75) is 25.8 Å². The molecule has 0 aromatic heterocycles. The molecule has 5 nitrogen and oxygen atoms in total. The van der Waals surface area contributed by atoms with Gasteiger partial charge in [0.15, 0.2) is 5.82 Å². The van der Waals surface area contributed by atoms with E-state index in [-0.39, 0.29) is 5.69 Å². The first-order valence-corrected chi connectivity index (χ1v) is 6.76. The highest BCUT2D eigenvalue weighted by molar-refractivity contribution is 5.58. The largest absolute Gasteiger partial charge is 0.369 e. The average molecular weight is 281 g/mol. The predicted octanol–water partition coefficient (Wildman–Crippen LogP) is 2.57. The molecule has 0 atom stereocenters. The molecule has 1 aromatic rings. The van der Waals surface area contributed by atoms with Crippen LogP contribution in [0.4, 0.5) is 15.8 Å². The lowest BCUT2D eigenvalue weighted by Gasteiger charge is -2.37. The number of nitrogens with zero attached hydrogens (tertiary/aromatic N) is 3. The zero-order valence-electron chi connectivity index (χ0n) is 12.1. The number of nitro benzene ring substituents is 1. The second-order valence-electron chi connectivity index (χ2n) is 5.53. The van der Waals surface area contributed by atoms with Crippen LogP contribution in [0.25, 0.3) is 0 Å². The number of nitro groups is 1. The Morgan fingerprint density at radius 1 is 1.35 bits per heavy atom. The molecule has 110 valence electrons. The van der Waals surface area contributed by atoms with Crippen LogP contribution in [0.1, 0.15) is 18.4 Å². The summed E-state index contributed by atoms with van der Waals surface area (Å²) in [7, 11) is 4.11. The Bertz CT molecular complexity index is 488. The Labute approximate surface area is 118 Å². The molecule has 0 radical (unpaired) electrons. The van der Waals surface area contributed by atoms with Gasteiger partial charge in [0.05, 0.1) is 16.7 Å². The van der Waals surface area contributed by atoms with E-state index in [0.29, 0.717) is 17.3 Å². The van der Waals surface area contributed by atoms with Crippen LogP contribution in [0.2, 0.25) is 0 Å². The Morgan fingerprint density at radius 2 is 1.95 bits per heavy atom. The number of hydrogen-bond acceptors (Lipinski definition) is 4. The summed E-state index contributed by atoms with van der Waals surface area (Å²) in [6.45, 7) is 3.28. The molecular formula is C14H20FN3O2. The van der Waals surface area contributed by atoms with Gasteiger partial charge in [-0.3, -0.25) is 10.1 Å². The summed E-state index contributed by atoms with van der Waals surface area (Å²) >= 11 is 0. The van der Waals surface area contributed by atoms with Crippen molar-refractivity contribution in [3.63, 3.8) is 0 Å². The Kier molecular flexibility index (Phi) is 4.23. The maximum absolute atomic E-state index is 14.2. The number of anilines is 1. The van der Waals surface area contributed by atoms with Gasteiger partial charge in [-0.1, -0.05) is 0 Å². The highest BCUT2D eigenvalue weighted by Crippen LogP contribution is 2.31. The van der Waals surface area contributed by atoms with E-state index < -0.39 is 10.7 Å². The summed E-state index contributed by atoms with van der Waals surface area (Å²) in [5.74, 6) is -0.500. The SMILES string of the molecule is Cc1cc([N+](=O)[O-])cc(F)c1N1CCC(N(C)C)CC1. The van der Waals surface area contributed by atoms with Gasteiger partial charge < -0.3 is 9.80 Å². The molecule has 20 heavy (non-hydrogen) atoms. The van der Waals surface area contributed by atoms with E-state index in [1.54, 1.807) is 6.92 Å². The molecular weight excluding hydrogens is 261 g/mol. The van der Waals surface area contributed by atoms with Crippen LogP contribution in [0.3, 0.4) is 0 Å². The van der Waals surface area contributed by atoms with E-state index in [9.17, 15) is 14.5 Å². The summed E-state index contributed by atoms with van der Waals surface area (Å²) < 4.78 is 14.2. The van der Waals surface area contributed by atoms with Crippen molar-refractivity contribution in [3.8, 4) is 0 Å². The zero-order chi connectivity index (χ0) is 14.9. The minimum atomic E-state index is -0.557. The van der Waals surface area contributed by atoms with Crippen LogP contribution >= 0.6 is 0 Å². The van der Waals surface area contributed by atoms with Crippen LogP contribution < -0.4 is 4.90 Å². The average Bonchev–Trinajstić information content (AvgIpc) is 2.38. The highest BCUT2D eigenvalue weighted by Gasteiger charge is 2.25. The fourth-order valence-corrected chi connectivity index (χ4v) is 2.83. The van der Waals surface area contributed by atoms with Gasteiger partial charge >= 0.3 is 0 Å². The Hall–Kier alpha value is -1.69. The molecule has 0 amide bonds. The standard InChI is InChI=1S/C14H20FN3O2/c1-10-8-12(18(19)20)9-13(15)14(10)17-6-4-11(5-7-17)16(2)3/h8-9,11H,4-7H2,1-3H3. The summed E-state index contributed by atoms with van der Waals surface area (Å²) in [6.07, 6.45) is 1.95. The van der Waals surface area contributed by atoms with Crippen molar-refractivity contribution in [3.05, 3.63) is 33.6 Å². The minimum absolute atomic E-state index is 0.188. The summed E-state index contributed by atoms with van der Waals surface area (Å²) in [4.78, 5) is 14.4. The quantitative estimate of drug-likeness (QED) is 0.631. The van der Waals surface area contributed by atoms with Crippen LogP contribution in [-0.2, 0) is 0 Å². The molecule has 0 spiro atoms. The molecule has 0 N–H and O–H groups in total. The number of benzene rings is 1. The van der Waals surface area contributed by atoms with Crippen molar-refractivity contribution >= 4 is 11.4 Å².